The number of nitriles is 1. The fourth-order valence-corrected chi connectivity index (χ4v) is 6.51. The second-order valence-electron chi connectivity index (χ2n) is 11.9. The highest BCUT2D eigenvalue weighted by Gasteiger charge is 2.31. The van der Waals surface area contributed by atoms with E-state index in [1.54, 1.807) is 12.4 Å². The molecule has 0 amide bonds. The van der Waals surface area contributed by atoms with Gasteiger partial charge in [0.15, 0.2) is 0 Å². The van der Waals surface area contributed by atoms with E-state index >= 15 is 0 Å². The third-order valence-corrected chi connectivity index (χ3v) is 9.10. The van der Waals surface area contributed by atoms with Gasteiger partial charge in [-0.2, -0.15) is 5.26 Å². The Morgan fingerprint density at radius 2 is 1.95 bits per heavy atom. The van der Waals surface area contributed by atoms with E-state index in [1.807, 2.05) is 12.3 Å². The number of hydrogen-bond donors (Lipinski definition) is 1. The van der Waals surface area contributed by atoms with Crippen molar-refractivity contribution in [2.24, 2.45) is 4.99 Å². The number of ether oxygens (including phenoxy) is 2. The van der Waals surface area contributed by atoms with Crippen LogP contribution in [0.4, 0.5) is 0 Å². The molecule has 1 aromatic heterocycles. The largest absolute Gasteiger partial charge is 0.488 e. The van der Waals surface area contributed by atoms with Crippen LogP contribution in [0, 0.1) is 18.3 Å². The molecule has 6 rings (SSSR count). The average molecular weight is 577 g/mol. The molecular weight excluding hydrogens is 536 g/mol. The molecule has 222 valence electrons. The summed E-state index contributed by atoms with van der Waals surface area (Å²) >= 11 is 0. The molecule has 0 radical (unpaired) electrons. The lowest BCUT2D eigenvalue weighted by atomic mass is 9.96. The van der Waals surface area contributed by atoms with Crippen molar-refractivity contribution in [3.05, 3.63) is 93.3 Å². The lowest BCUT2D eigenvalue weighted by Gasteiger charge is -2.40. The minimum atomic E-state index is 0.173. The zero-order valence-corrected chi connectivity index (χ0v) is 25.2. The van der Waals surface area contributed by atoms with Crippen LogP contribution in [0.3, 0.4) is 0 Å². The van der Waals surface area contributed by atoms with Crippen LogP contribution in [-0.2, 0) is 32.6 Å². The number of allylic oxidation sites excluding steroid dienone is 1. The van der Waals surface area contributed by atoms with Gasteiger partial charge in [0, 0.05) is 54.9 Å². The van der Waals surface area contributed by atoms with Gasteiger partial charge in [-0.05, 0) is 78.5 Å². The van der Waals surface area contributed by atoms with Crippen LogP contribution in [0.5, 0.6) is 11.5 Å². The summed E-state index contributed by atoms with van der Waals surface area (Å²) in [5.41, 5.74) is 9.95. The maximum Gasteiger partial charge on any atom is 0.128 e. The van der Waals surface area contributed by atoms with Crippen molar-refractivity contribution in [2.45, 2.75) is 84.2 Å². The summed E-state index contributed by atoms with van der Waals surface area (Å²) in [6.07, 6.45) is 13.9. The first kappa shape index (κ1) is 29.1. The van der Waals surface area contributed by atoms with Crippen molar-refractivity contribution in [2.75, 3.05) is 13.2 Å². The van der Waals surface area contributed by atoms with E-state index in [1.165, 1.54) is 33.4 Å². The maximum absolute atomic E-state index is 9.83. The van der Waals surface area contributed by atoms with Crippen molar-refractivity contribution in [3.8, 4) is 17.6 Å². The molecule has 0 spiro atoms. The lowest BCUT2D eigenvalue weighted by molar-refractivity contribution is 0.0346. The third kappa shape index (κ3) is 6.22. The Hall–Kier alpha value is -3.99. The number of aliphatic hydroxyl groups is 1. The van der Waals surface area contributed by atoms with Crippen molar-refractivity contribution in [1.82, 2.24) is 9.88 Å². The van der Waals surface area contributed by atoms with Crippen LogP contribution in [0.2, 0.25) is 0 Å². The van der Waals surface area contributed by atoms with Gasteiger partial charge in [0.05, 0.1) is 18.2 Å². The summed E-state index contributed by atoms with van der Waals surface area (Å²) in [5.74, 6) is 1.69. The molecule has 2 atom stereocenters. The van der Waals surface area contributed by atoms with E-state index in [9.17, 15) is 10.4 Å². The number of benzene rings is 2. The van der Waals surface area contributed by atoms with Crippen LogP contribution in [0.25, 0.3) is 5.57 Å². The molecule has 2 aliphatic heterocycles. The molecule has 2 aromatic carbocycles. The van der Waals surface area contributed by atoms with E-state index in [4.69, 9.17) is 14.5 Å². The molecule has 7 nitrogen and oxygen atoms in total. The van der Waals surface area contributed by atoms with Crippen LogP contribution < -0.4 is 9.47 Å². The third-order valence-electron chi connectivity index (χ3n) is 9.10. The van der Waals surface area contributed by atoms with Crippen LogP contribution in [0.15, 0.2) is 53.8 Å². The molecular formula is C36H40N4O3. The molecule has 3 heterocycles. The minimum absolute atomic E-state index is 0.173. The van der Waals surface area contributed by atoms with Gasteiger partial charge in [0.1, 0.15) is 30.8 Å². The normalized spacial score (nSPS) is 19.1. The predicted octanol–water partition coefficient (Wildman–Crippen LogP) is 6.11. The van der Waals surface area contributed by atoms with Crippen molar-refractivity contribution in [3.63, 3.8) is 0 Å². The number of nitrogens with zero attached hydrogens (tertiary/aromatic N) is 4. The Balaban J connectivity index is 1.28. The number of hydrogen-bond acceptors (Lipinski definition) is 7. The summed E-state index contributed by atoms with van der Waals surface area (Å²) in [6, 6.07) is 13.0. The molecule has 1 saturated heterocycles. The second kappa shape index (κ2) is 13.1. The van der Waals surface area contributed by atoms with Crippen molar-refractivity contribution in [1.29, 1.82) is 5.26 Å². The molecule has 3 aliphatic rings. The average Bonchev–Trinajstić information content (AvgIpc) is 3.69. The Morgan fingerprint density at radius 3 is 2.74 bits per heavy atom. The van der Waals surface area contributed by atoms with E-state index in [2.05, 4.69) is 60.1 Å². The maximum atomic E-state index is 9.83. The van der Waals surface area contributed by atoms with Gasteiger partial charge in [-0.15, -0.1) is 0 Å². The number of aromatic nitrogens is 1. The number of rotatable bonds is 12. The highest BCUT2D eigenvalue weighted by Crippen LogP contribution is 2.41. The smallest absolute Gasteiger partial charge is 0.128 e. The second-order valence-corrected chi connectivity index (χ2v) is 11.9. The Kier molecular flexibility index (Phi) is 8.87. The molecule has 1 aliphatic carbocycles. The molecule has 1 N–H and O–H groups in total. The summed E-state index contributed by atoms with van der Waals surface area (Å²) in [6.45, 7) is 7.05. The van der Waals surface area contributed by atoms with E-state index < -0.39 is 0 Å². The number of pyridine rings is 1. The molecule has 2 unspecified atom stereocenters. The quantitative estimate of drug-likeness (QED) is 0.280. The first-order valence-corrected chi connectivity index (χ1v) is 15.5. The van der Waals surface area contributed by atoms with Crippen LogP contribution in [-0.4, -0.2) is 46.4 Å². The molecule has 3 aromatic rings. The standard InChI is InChI=1S/C36H40N4O3/c1-3-6-29-14-28(19-39-29)31-8-4-7-27(24(31)2)23-43-35-15-36(42-22-26-13-25(16-37)17-38-18-26)34(32-9-5-10-33(32)35)20-40-12-11-30(40)21-41/h4,7-8,13-15,17-19,29-30,41H,3,5-6,9-12,20-23H2,1-2H3. The van der Waals surface area contributed by atoms with E-state index in [0.717, 1.165) is 74.2 Å². The summed E-state index contributed by atoms with van der Waals surface area (Å²) < 4.78 is 13.1. The van der Waals surface area contributed by atoms with Gasteiger partial charge < -0.3 is 14.6 Å². The molecule has 43 heavy (non-hydrogen) atoms. The highest BCUT2D eigenvalue weighted by molar-refractivity contribution is 6.12. The molecule has 0 saturated carbocycles. The van der Waals surface area contributed by atoms with Crippen LogP contribution in [0.1, 0.15) is 77.1 Å². The van der Waals surface area contributed by atoms with Gasteiger partial charge in [-0.3, -0.25) is 14.9 Å². The highest BCUT2D eigenvalue weighted by atomic mass is 16.5. The van der Waals surface area contributed by atoms with Gasteiger partial charge >= 0.3 is 0 Å². The summed E-state index contributed by atoms with van der Waals surface area (Å²) in [7, 11) is 0. The number of likely N-dealkylation sites (tertiary alicyclic amines) is 1. The van der Waals surface area contributed by atoms with Gasteiger partial charge in [0.25, 0.3) is 0 Å². The van der Waals surface area contributed by atoms with E-state index in [0.29, 0.717) is 18.8 Å². The minimum Gasteiger partial charge on any atom is -0.488 e. The van der Waals surface area contributed by atoms with Crippen LogP contribution >= 0.6 is 0 Å². The Labute approximate surface area is 254 Å². The fourth-order valence-electron chi connectivity index (χ4n) is 6.51. The molecule has 0 bridgehead atoms. The summed E-state index contributed by atoms with van der Waals surface area (Å²) in [4.78, 5) is 11.2. The zero-order chi connectivity index (χ0) is 29.8. The number of fused-ring (bicyclic) bond motifs is 1. The Bertz CT molecular complexity index is 1590. The first-order valence-electron chi connectivity index (χ1n) is 15.5. The zero-order valence-electron chi connectivity index (χ0n) is 25.2. The fraction of sp³-hybridized carbons (Fsp3) is 0.417. The lowest BCUT2D eigenvalue weighted by Crippen LogP contribution is -2.49. The first-order chi connectivity index (χ1) is 21.1. The Morgan fingerprint density at radius 1 is 1.09 bits per heavy atom. The van der Waals surface area contributed by atoms with Gasteiger partial charge in [-0.1, -0.05) is 37.6 Å². The van der Waals surface area contributed by atoms with Gasteiger partial charge in [0.2, 0.25) is 0 Å². The number of aliphatic imine (C=N–C) groups is 1. The van der Waals surface area contributed by atoms with Gasteiger partial charge in [-0.25, -0.2) is 0 Å². The monoisotopic (exact) mass is 576 g/mol. The van der Waals surface area contributed by atoms with Crippen molar-refractivity contribution >= 4 is 11.8 Å². The number of aliphatic hydroxyl groups excluding tert-OH is 1. The predicted molar refractivity (Wildman–Crippen MR) is 168 cm³/mol. The molecule has 7 heteroatoms. The van der Waals surface area contributed by atoms with Crippen molar-refractivity contribution < 1.29 is 14.6 Å². The molecule has 1 fully saturated rings. The summed E-state index contributed by atoms with van der Waals surface area (Å²) in [5, 5.41) is 19.1. The topological polar surface area (TPSA) is 91.0 Å². The SMILES string of the molecule is CCCC1C=C(c2cccc(COc3cc(OCc4cncc(C#N)c4)c(CN4CCC4CO)c4c3CCC4)c2C)C=N1. The van der Waals surface area contributed by atoms with E-state index in [-0.39, 0.29) is 18.7 Å².